The number of anilines is 1. The van der Waals surface area contributed by atoms with Gasteiger partial charge in [-0.2, -0.15) is 0 Å². The minimum absolute atomic E-state index is 0.0980. The summed E-state index contributed by atoms with van der Waals surface area (Å²) in [6.45, 7) is 4.46. The molecule has 3 N–H and O–H groups in total. The number of benzene rings is 2. The summed E-state index contributed by atoms with van der Waals surface area (Å²) >= 11 is 1.41. The van der Waals surface area contributed by atoms with E-state index in [1.54, 1.807) is 18.2 Å². The fourth-order valence-electron chi connectivity index (χ4n) is 3.84. The molecule has 1 fully saturated rings. The number of fused-ring (bicyclic) bond motifs is 1. The summed E-state index contributed by atoms with van der Waals surface area (Å²) < 4.78 is 5.40. The Morgan fingerprint density at radius 3 is 2.65 bits per heavy atom. The standard InChI is InChI=1S/C25H25N5O3S/c31-24(18-5-3-17(4-6-18)15-26-25(32)22-2-1-13-34-22)27-19-7-8-20-21(14-19)29-23(28-20)16-30-9-11-33-12-10-30/h1-8,13-14H,9-12,15-16H2,(H,26,32)(H,27,31)(H,28,29). The topological polar surface area (TPSA) is 99.3 Å². The van der Waals surface area contributed by atoms with Crippen molar-refractivity contribution in [3.05, 3.63) is 81.8 Å². The van der Waals surface area contributed by atoms with Gasteiger partial charge in [-0.1, -0.05) is 18.2 Å². The lowest BCUT2D eigenvalue weighted by atomic mass is 10.1. The van der Waals surface area contributed by atoms with Crippen LogP contribution in [0.5, 0.6) is 0 Å². The lowest BCUT2D eigenvalue weighted by Crippen LogP contribution is -2.35. The number of nitrogens with one attached hydrogen (secondary N) is 3. The third-order valence-electron chi connectivity index (χ3n) is 5.68. The molecule has 5 rings (SSSR count). The van der Waals surface area contributed by atoms with Crippen LogP contribution in [0.3, 0.4) is 0 Å². The van der Waals surface area contributed by atoms with E-state index in [9.17, 15) is 9.59 Å². The van der Waals surface area contributed by atoms with Crippen LogP contribution in [0.1, 0.15) is 31.4 Å². The van der Waals surface area contributed by atoms with Crippen molar-refractivity contribution in [3.8, 4) is 0 Å². The van der Waals surface area contributed by atoms with Gasteiger partial charge in [-0.3, -0.25) is 14.5 Å². The van der Waals surface area contributed by atoms with Gasteiger partial charge in [0.1, 0.15) is 5.82 Å². The van der Waals surface area contributed by atoms with Crippen LogP contribution in [-0.2, 0) is 17.8 Å². The molecule has 3 heterocycles. The SMILES string of the molecule is O=C(Nc1ccc2nc(CN3CCOCC3)[nH]c2c1)c1ccc(CNC(=O)c2cccs2)cc1. The molecule has 174 valence electrons. The zero-order valence-corrected chi connectivity index (χ0v) is 19.4. The fraction of sp³-hybridized carbons (Fsp3) is 0.240. The molecular formula is C25H25N5O3S. The molecule has 0 bridgehead atoms. The summed E-state index contributed by atoms with van der Waals surface area (Å²) in [5.41, 5.74) is 3.93. The highest BCUT2D eigenvalue weighted by Gasteiger charge is 2.14. The number of rotatable bonds is 7. The molecule has 0 unspecified atom stereocenters. The number of thiophene rings is 1. The van der Waals surface area contributed by atoms with E-state index in [1.165, 1.54) is 11.3 Å². The van der Waals surface area contributed by atoms with Gasteiger partial charge in [0.2, 0.25) is 0 Å². The molecule has 0 spiro atoms. The predicted molar refractivity (Wildman–Crippen MR) is 132 cm³/mol. The zero-order valence-electron chi connectivity index (χ0n) is 18.5. The predicted octanol–water partition coefficient (Wildman–Crippen LogP) is 3.64. The minimum atomic E-state index is -0.193. The third-order valence-corrected chi connectivity index (χ3v) is 6.55. The maximum Gasteiger partial charge on any atom is 0.261 e. The maximum atomic E-state index is 12.7. The van der Waals surface area contributed by atoms with E-state index < -0.39 is 0 Å². The van der Waals surface area contributed by atoms with Gasteiger partial charge in [-0.05, 0) is 47.3 Å². The van der Waals surface area contributed by atoms with Crippen molar-refractivity contribution < 1.29 is 14.3 Å². The Kier molecular flexibility index (Phi) is 6.66. The third kappa shape index (κ3) is 5.33. The summed E-state index contributed by atoms with van der Waals surface area (Å²) in [7, 11) is 0. The molecule has 8 nitrogen and oxygen atoms in total. The van der Waals surface area contributed by atoms with E-state index in [0.29, 0.717) is 22.7 Å². The van der Waals surface area contributed by atoms with Gasteiger partial charge in [-0.15, -0.1) is 11.3 Å². The van der Waals surface area contributed by atoms with Crippen molar-refractivity contribution in [3.63, 3.8) is 0 Å². The average Bonchev–Trinajstić information content (AvgIpc) is 3.53. The molecule has 0 saturated carbocycles. The number of H-pyrrole nitrogens is 1. The molecule has 0 radical (unpaired) electrons. The van der Waals surface area contributed by atoms with Gasteiger partial charge in [-0.25, -0.2) is 4.98 Å². The zero-order chi connectivity index (χ0) is 23.3. The largest absolute Gasteiger partial charge is 0.379 e. The lowest BCUT2D eigenvalue weighted by Gasteiger charge is -2.25. The van der Waals surface area contributed by atoms with Crippen molar-refractivity contribution >= 4 is 39.9 Å². The van der Waals surface area contributed by atoms with Crippen molar-refractivity contribution in [2.75, 3.05) is 31.6 Å². The van der Waals surface area contributed by atoms with Gasteiger partial charge < -0.3 is 20.4 Å². The van der Waals surface area contributed by atoms with Gasteiger partial charge in [0.15, 0.2) is 0 Å². The summed E-state index contributed by atoms with van der Waals surface area (Å²) in [5, 5.41) is 7.71. The quantitative estimate of drug-likeness (QED) is 0.379. The van der Waals surface area contributed by atoms with E-state index in [4.69, 9.17) is 4.74 Å². The monoisotopic (exact) mass is 475 g/mol. The van der Waals surface area contributed by atoms with E-state index in [2.05, 4.69) is 25.5 Å². The molecule has 9 heteroatoms. The number of morpholine rings is 1. The summed E-state index contributed by atoms with van der Waals surface area (Å²) in [4.78, 5) is 35.8. The van der Waals surface area contributed by atoms with Crippen LogP contribution in [0.2, 0.25) is 0 Å². The minimum Gasteiger partial charge on any atom is -0.379 e. The number of ether oxygens (including phenoxy) is 1. The normalized spacial score (nSPS) is 14.2. The van der Waals surface area contributed by atoms with Crippen LogP contribution in [-0.4, -0.2) is 53.0 Å². The first kappa shape index (κ1) is 22.3. The number of amides is 2. The smallest absolute Gasteiger partial charge is 0.261 e. The number of hydrogen-bond donors (Lipinski definition) is 3. The second-order valence-electron chi connectivity index (χ2n) is 8.11. The van der Waals surface area contributed by atoms with Crippen molar-refractivity contribution in [2.24, 2.45) is 0 Å². The first-order valence-corrected chi connectivity index (χ1v) is 12.0. The van der Waals surface area contributed by atoms with Crippen LogP contribution in [0, 0.1) is 0 Å². The van der Waals surface area contributed by atoms with Crippen molar-refractivity contribution in [1.29, 1.82) is 0 Å². The Labute approximate surface area is 201 Å². The highest BCUT2D eigenvalue weighted by Crippen LogP contribution is 2.19. The number of imidazole rings is 1. The first-order chi connectivity index (χ1) is 16.6. The molecule has 34 heavy (non-hydrogen) atoms. The summed E-state index contributed by atoms with van der Waals surface area (Å²) in [6.07, 6.45) is 0. The summed E-state index contributed by atoms with van der Waals surface area (Å²) in [5.74, 6) is 0.614. The molecule has 4 aromatic rings. The highest BCUT2D eigenvalue weighted by atomic mass is 32.1. The second-order valence-corrected chi connectivity index (χ2v) is 9.06. The first-order valence-electron chi connectivity index (χ1n) is 11.1. The maximum absolute atomic E-state index is 12.7. The number of nitrogens with zero attached hydrogens (tertiary/aromatic N) is 2. The number of carbonyl (C=O) groups is 2. The Balaban J connectivity index is 1.18. The molecule has 2 aromatic heterocycles. The van der Waals surface area contributed by atoms with Gasteiger partial charge in [0.25, 0.3) is 11.8 Å². The fourth-order valence-corrected chi connectivity index (χ4v) is 4.48. The van der Waals surface area contributed by atoms with Crippen LogP contribution in [0.25, 0.3) is 11.0 Å². The number of aromatic amines is 1. The van der Waals surface area contributed by atoms with E-state index in [-0.39, 0.29) is 11.8 Å². The van der Waals surface area contributed by atoms with Crippen LogP contribution in [0.15, 0.2) is 60.0 Å². The molecule has 2 aromatic carbocycles. The van der Waals surface area contributed by atoms with Gasteiger partial charge in [0, 0.05) is 30.9 Å². The Bertz CT molecular complexity index is 1280. The molecular weight excluding hydrogens is 450 g/mol. The summed E-state index contributed by atoms with van der Waals surface area (Å²) in [6, 6.07) is 16.5. The molecule has 2 amide bonds. The van der Waals surface area contributed by atoms with Crippen molar-refractivity contribution in [1.82, 2.24) is 20.2 Å². The van der Waals surface area contributed by atoms with E-state index in [1.807, 2.05) is 41.8 Å². The second kappa shape index (κ2) is 10.2. The Morgan fingerprint density at radius 2 is 1.88 bits per heavy atom. The average molecular weight is 476 g/mol. The molecule has 0 atom stereocenters. The van der Waals surface area contributed by atoms with Crippen LogP contribution >= 0.6 is 11.3 Å². The molecule has 1 aliphatic rings. The Hall–Kier alpha value is -3.53. The van der Waals surface area contributed by atoms with E-state index >= 15 is 0 Å². The lowest BCUT2D eigenvalue weighted by molar-refractivity contribution is 0.0332. The molecule has 1 aliphatic heterocycles. The highest BCUT2D eigenvalue weighted by molar-refractivity contribution is 7.12. The van der Waals surface area contributed by atoms with Crippen molar-refractivity contribution in [2.45, 2.75) is 13.1 Å². The van der Waals surface area contributed by atoms with Gasteiger partial charge >= 0.3 is 0 Å². The number of carbonyl (C=O) groups excluding carboxylic acids is 2. The van der Waals surface area contributed by atoms with Gasteiger partial charge in [0.05, 0.1) is 35.7 Å². The van der Waals surface area contributed by atoms with Crippen LogP contribution < -0.4 is 10.6 Å². The molecule has 0 aliphatic carbocycles. The number of hydrogen-bond acceptors (Lipinski definition) is 6. The molecule has 1 saturated heterocycles. The van der Waals surface area contributed by atoms with E-state index in [0.717, 1.165) is 55.3 Å². The van der Waals surface area contributed by atoms with Crippen LogP contribution in [0.4, 0.5) is 5.69 Å². The number of aromatic nitrogens is 2. The Morgan fingerprint density at radius 1 is 1.06 bits per heavy atom.